The van der Waals surface area contributed by atoms with E-state index in [0.29, 0.717) is 6.54 Å². The quantitative estimate of drug-likeness (QED) is 0.881. The number of hydrogen-bond donors (Lipinski definition) is 1. The van der Waals surface area contributed by atoms with E-state index in [1.54, 1.807) is 11.3 Å². The standard InChI is InChI=1S/C15H21N3S/c1-3-18(14-6-4-12(2)5-7-14)10-13-11-19-15(17-13)8-9-16/h4-7,11H,3,8-10,16H2,1-2H3. The molecule has 0 aliphatic rings. The van der Waals surface area contributed by atoms with E-state index in [-0.39, 0.29) is 0 Å². The van der Waals surface area contributed by atoms with Crippen LogP contribution in [0.4, 0.5) is 5.69 Å². The minimum Gasteiger partial charge on any atom is -0.366 e. The Morgan fingerprint density at radius 1 is 1.26 bits per heavy atom. The van der Waals surface area contributed by atoms with Crippen LogP contribution in [0.1, 0.15) is 23.2 Å². The zero-order valence-corrected chi connectivity index (χ0v) is 12.4. The summed E-state index contributed by atoms with van der Waals surface area (Å²) in [4.78, 5) is 6.96. The van der Waals surface area contributed by atoms with Crippen LogP contribution in [0, 0.1) is 6.92 Å². The van der Waals surface area contributed by atoms with Gasteiger partial charge in [-0.1, -0.05) is 17.7 Å². The van der Waals surface area contributed by atoms with Gasteiger partial charge < -0.3 is 10.6 Å². The first-order valence-corrected chi connectivity index (χ1v) is 7.56. The van der Waals surface area contributed by atoms with Crippen molar-refractivity contribution in [3.8, 4) is 0 Å². The lowest BCUT2D eigenvalue weighted by Crippen LogP contribution is -2.22. The minimum absolute atomic E-state index is 0.669. The maximum Gasteiger partial charge on any atom is 0.0941 e. The Bertz CT molecular complexity index is 504. The highest BCUT2D eigenvalue weighted by atomic mass is 32.1. The maximum absolute atomic E-state index is 5.56. The molecule has 1 aromatic carbocycles. The number of rotatable bonds is 6. The fourth-order valence-corrected chi connectivity index (χ4v) is 2.80. The Morgan fingerprint density at radius 2 is 2.00 bits per heavy atom. The number of anilines is 1. The van der Waals surface area contributed by atoms with Gasteiger partial charge in [-0.3, -0.25) is 0 Å². The summed E-state index contributed by atoms with van der Waals surface area (Å²) in [5.74, 6) is 0. The monoisotopic (exact) mass is 275 g/mol. The molecule has 0 aliphatic carbocycles. The Hall–Kier alpha value is -1.39. The van der Waals surface area contributed by atoms with Gasteiger partial charge in [-0.2, -0.15) is 0 Å². The number of aryl methyl sites for hydroxylation is 1. The van der Waals surface area contributed by atoms with Crippen LogP contribution >= 0.6 is 11.3 Å². The molecule has 0 radical (unpaired) electrons. The van der Waals surface area contributed by atoms with Gasteiger partial charge in [0.1, 0.15) is 0 Å². The van der Waals surface area contributed by atoms with Crippen molar-refractivity contribution in [3.05, 3.63) is 45.9 Å². The largest absolute Gasteiger partial charge is 0.366 e. The molecule has 0 saturated carbocycles. The van der Waals surface area contributed by atoms with E-state index in [4.69, 9.17) is 5.73 Å². The summed E-state index contributed by atoms with van der Waals surface area (Å²) < 4.78 is 0. The predicted octanol–water partition coefficient (Wildman–Crippen LogP) is 2.98. The van der Waals surface area contributed by atoms with Crippen LogP contribution in [0.3, 0.4) is 0 Å². The zero-order valence-electron chi connectivity index (χ0n) is 11.6. The van der Waals surface area contributed by atoms with Crippen LogP contribution < -0.4 is 10.6 Å². The molecule has 4 heteroatoms. The van der Waals surface area contributed by atoms with Gasteiger partial charge in [-0.05, 0) is 32.5 Å². The third-order valence-electron chi connectivity index (χ3n) is 3.09. The fourth-order valence-electron chi connectivity index (χ4n) is 2.00. The third kappa shape index (κ3) is 3.78. The van der Waals surface area contributed by atoms with E-state index < -0.39 is 0 Å². The molecule has 3 nitrogen and oxygen atoms in total. The summed E-state index contributed by atoms with van der Waals surface area (Å²) in [6.07, 6.45) is 0.876. The van der Waals surface area contributed by atoms with Crippen molar-refractivity contribution in [2.24, 2.45) is 5.73 Å². The lowest BCUT2D eigenvalue weighted by Gasteiger charge is -2.22. The second-order valence-electron chi connectivity index (χ2n) is 4.62. The van der Waals surface area contributed by atoms with Crippen LogP contribution in [0.25, 0.3) is 0 Å². The summed E-state index contributed by atoms with van der Waals surface area (Å²) in [6, 6.07) is 8.65. The van der Waals surface area contributed by atoms with E-state index in [0.717, 1.165) is 30.2 Å². The number of aromatic nitrogens is 1. The highest BCUT2D eigenvalue weighted by Gasteiger charge is 2.08. The second kappa shape index (κ2) is 6.68. The van der Waals surface area contributed by atoms with E-state index in [1.165, 1.54) is 11.3 Å². The smallest absolute Gasteiger partial charge is 0.0941 e. The number of thiazole rings is 1. The summed E-state index contributed by atoms with van der Waals surface area (Å²) in [5.41, 5.74) is 9.24. The average molecular weight is 275 g/mol. The van der Waals surface area contributed by atoms with Crippen molar-refractivity contribution < 1.29 is 0 Å². The number of nitrogens with two attached hydrogens (primary N) is 1. The van der Waals surface area contributed by atoms with Crippen molar-refractivity contribution in [3.63, 3.8) is 0 Å². The van der Waals surface area contributed by atoms with Gasteiger partial charge in [0.25, 0.3) is 0 Å². The SMILES string of the molecule is CCN(Cc1csc(CCN)n1)c1ccc(C)cc1. The van der Waals surface area contributed by atoms with Gasteiger partial charge in [0.15, 0.2) is 0 Å². The molecule has 2 N–H and O–H groups in total. The molecule has 0 fully saturated rings. The summed E-state index contributed by atoms with van der Waals surface area (Å²) in [5, 5.41) is 3.28. The van der Waals surface area contributed by atoms with Crippen molar-refractivity contribution in [1.29, 1.82) is 0 Å². The van der Waals surface area contributed by atoms with E-state index >= 15 is 0 Å². The molecule has 0 aliphatic heterocycles. The molecule has 2 aromatic rings. The molecule has 0 bridgehead atoms. The van der Waals surface area contributed by atoms with Crippen LogP contribution in [0.5, 0.6) is 0 Å². The summed E-state index contributed by atoms with van der Waals surface area (Å²) >= 11 is 1.71. The number of benzene rings is 1. The van der Waals surface area contributed by atoms with Crippen LogP contribution in [-0.2, 0) is 13.0 Å². The zero-order chi connectivity index (χ0) is 13.7. The van der Waals surface area contributed by atoms with E-state index in [1.807, 2.05) is 0 Å². The number of nitrogens with zero attached hydrogens (tertiary/aromatic N) is 2. The first kappa shape index (κ1) is 14.0. The molecule has 0 atom stereocenters. The molecule has 1 heterocycles. The van der Waals surface area contributed by atoms with Crippen molar-refractivity contribution in [2.45, 2.75) is 26.8 Å². The molecule has 19 heavy (non-hydrogen) atoms. The summed E-state index contributed by atoms with van der Waals surface area (Å²) in [6.45, 7) is 6.79. The van der Waals surface area contributed by atoms with Gasteiger partial charge in [0, 0.05) is 24.0 Å². The van der Waals surface area contributed by atoms with E-state index in [2.05, 4.69) is 53.4 Å². The minimum atomic E-state index is 0.669. The van der Waals surface area contributed by atoms with E-state index in [9.17, 15) is 0 Å². The van der Waals surface area contributed by atoms with Crippen molar-refractivity contribution in [2.75, 3.05) is 18.0 Å². The first-order valence-electron chi connectivity index (χ1n) is 6.68. The van der Waals surface area contributed by atoms with Gasteiger partial charge in [-0.15, -0.1) is 11.3 Å². The number of hydrogen-bond acceptors (Lipinski definition) is 4. The Labute approximate surface area is 119 Å². The lowest BCUT2D eigenvalue weighted by atomic mass is 10.2. The van der Waals surface area contributed by atoms with Crippen LogP contribution in [0.2, 0.25) is 0 Å². The van der Waals surface area contributed by atoms with Gasteiger partial charge in [-0.25, -0.2) is 4.98 Å². The lowest BCUT2D eigenvalue weighted by molar-refractivity contribution is 0.807. The second-order valence-corrected chi connectivity index (χ2v) is 5.56. The fraction of sp³-hybridized carbons (Fsp3) is 0.400. The molecular formula is C15H21N3S. The molecule has 102 valence electrons. The van der Waals surface area contributed by atoms with Crippen molar-refractivity contribution >= 4 is 17.0 Å². The molecule has 0 saturated heterocycles. The molecule has 0 spiro atoms. The predicted molar refractivity (Wildman–Crippen MR) is 82.8 cm³/mol. The Kier molecular flexibility index (Phi) is 4.93. The van der Waals surface area contributed by atoms with Crippen LogP contribution in [-0.4, -0.2) is 18.1 Å². The maximum atomic E-state index is 5.56. The summed E-state index contributed by atoms with van der Waals surface area (Å²) in [7, 11) is 0. The highest BCUT2D eigenvalue weighted by Crippen LogP contribution is 2.19. The molecule has 2 rings (SSSR count). The van der Waals surface area contributed by atoms with Gasteiger partial charge in [0.05, 0.1) is 17.2 Å². The van der Waals surface area contributed by atoms with Crippen molar-refractivity contribution in [1.82, 2.24) is 4.98 Å². The topological polar surface area (TPSA) is 42.1 Å². The molecule has 1 aromatic heterocycles. The van der Waals surface area contributed by atoms with Crippen LogP contribution in [0.15, 0.2) is 29.6 Å². The average Bonchev–Trinajstić information content (AvgIpc) is 2.85. The van der Waals surface area contributed by atoms with Gasteiger partial charge in [0.2, 0.25) is 0 Å². The molecule has 0 amide bonds. The molecular weight excluding hydrogens is 254 g/mol. The third-order valence-corrected chi connectivity index (χ3v) is 4.05. The molecule has 0 unspecified atom stereocenters. The van der Waals surface area contributed by atoms with Gasteiger partial charge >= 0.3 is 0 Å². The normalized spacial score (nSPS) is 10.7. The Balaban J connectivity index is 2.07. The Morgan fingerprint density at radius 3 is 2.63 bits per heavy atom. The highest BCUT2D eigenvalue weighted by molar-refractivity contribution is 7.09. The first-order chi connectivity index (χ1) is 9.22.